The van der Waals surface area contributed by atoms with E-state index in [4.69, 9.17) is 11.6 Å². The molecule has 290 valence electrons. The van der Waals surface area contributed by atoms with Gasteiger partial charge in [-0.3, -0.25) is 14.4 Å². The number of amides is 5. The van der Waals surface area contributed by atoms with Crippen molar-refractivity contribution in [1.29, 1.82) is 0 Å². The minimum absolute atomic E-state index is 0.0116. The first kappa shape index (κ1) is 44.1. The summed E-state index contributed by atoms with van der Waals surface area (Å²) in [6, 6.07) is 1.92. The van der Waals surface area contributed by atoms with Gasteiger partial charge in [-0.2, -0.15) is 0 Å². The predicted octanol–water partition coefficient (Wildman–Crippen LogP) is 4.03. The highest BCUT2D eigenvalue weighted by molar-refractivity contribution is 7.88. The first-order chi connectivity index (χ1) is 23.3. The lowest BCUT2D eigenvalue weighted by Crippen LogP contribution is -2.62. The van der Waals surface area contributed by atoms with Gasteiger partial charge in [0, 0.05) is 44.2 Å². The number of carbonyl (C=O) groups is 4. The minimum atomic E-state index is -3.54. The Bertz CT molecular complexity index is 1480. The molecule has 0 saturated carbocycles. The SMILES string of the molecule is CC(C)[C@H]1CCN(C(=O)[C@@H](NC(=O)N[C@H](CN(C)S(C)(=O)=O)C(C)(C)C)C(C)(C)C)[C@@H]1C(=O)N[C@@H](CC(F)F)C(=O)NCCc1cccc(Cl)c1. The standard InChI is InChI=1S/C35H57ClF2N6O6S/c1-21(2)24-15-17-44(28(24)31(46)40-25(19-27(37)38)30(45)39-16-14-22-12-11-13-23(36)18-22)32(47)29(35(6,7)8)42-33(48)41-26(34(3,4)5)20-43(9)51(10,49)50/h11-13,18,21,24-29H,14-17,19-20H2,1-10H3,(H,39,45)(H,40,46)(H2,41,42,48)/t24-,25+,26-,28+,29-/m1/s1. The van der Waals surface area contributed by atoms with E-state index in [0.717, 1.165) is 16.1 Å². The van der Waals surface area contributed by atoms with Crippen molar-refractivity contribution in [3.63, 3.8) is 0 Å². The lowest BCUT2D eigenvalue weighted by Gasteiger charge is -2.38. The molecule has 0 bridgehead atoms. The van der Waals surface area contributed by atoms with Crippen LogP contribution in [0.1, 0.15) is 73.8 Å². The lowest BCUT2D eigenvalue weighted by molar-refractivity contribution is -0.144. The number of hydrogen-bond donors (Lipinski definition) is 4. The van der Waals surface area contributed by atoms with Crippen molar-refractivity contribution in [3.05, 3.63) is 34.9 Å². The minimum Gasteiger partial charge on any atom is -0.354 e. The fourth-order valence-corrected chi connectivity index (χ4v) is 6.62. The molecule has 12 nitrogen and oxygen atoms in total. The van der Waals surface area contributed by atoms with Gasteiger partial charge in [0.05, 0.1) is 6.26 Å². The summed E-state index contributed by atoms with van der Waals surface area (Å²) in [6.07, 6.45) is -1.91. The van der Waals surface area contributed by atoms with Crippen molar-refractivity contribution >= 4 is 45.4 Å². The highest BCUT2D eigenvalue weighted by atomic mass is 35.5. The van der Waals surface area contributed by atoms with Crippen LogP contribution >= 0.6 is 11.6 Å². The van der Waals surface area contributed by atoms with Crippen LogP contribution in [0.4, 0.5) is 13.6 Å². The zero-order valence-corrected chi connectivity index (χ0v) is 33.1. The summed E-state index contributed by atoms with van der Waals surface area (Å²) in [4.78, 5) is 56.2. The highest BCUT2D eigenvalue weighted by Crippen LogP contribution is 2.33. The Hall–Kier alpha value is -3.04. The van der Waals surface area contributed by atoms with E-state index in [0.29, 0.717) is 17.9 Å². The number of likely N-dealkylation sites (tertiary alicyclic amines) is 1. The maximum Gasteiger partial charge on any atom is 0.315 e. The number of hydrogen-bond acceptors (Lipinski definition) is 6. The van der Waals surface area contributed by atoms with Crippen LogP contribution in [0, 0.1) is 22.7 Å². The van der Waals surface area contributed by atoms with Crippen molar-refractivity contribution in [2.24, 2.45) is 22.7 Å². The second kappa shape index (κ2) is 18.1. The molecule has 0 unspecified atom stereocenters. The van der Waals surface area contributed by atoms with Crippen LogP contribution in [-0.2, 0) is 30.8 Å². The Kier molecular flexibility index (Phi) is 15.7. The average Bonchev–Trinajstić information content (AvgIpc) is 3.43. The molecule has 51 heavy (non-hydrogen) atoms. The molecular formula is C35H57ClF2N6O6S. The van der Waals surface area contributed by atoms with Gasteiger partial charge in [0.1, 0.15) is 18.1 Å². The summed E-state index contributed by atoms with van der Waals surface area (Å²) in [5, 5.41) is 11.2. The Labute approximate surface area is 307 Å². The third-order valence-corrected chi connectivity index (χ3v) is 10.8. The van der Waals surface area contributed by atoms with Gasteiger partial charge in [0.2, 0.25) is 34.2 Å². The summed E-state index contributed by atoms with van der Waals surface area (Å²) in [6.45, 7) is 14.9. The van der Waals surface area contributed by atoms with Crippen LogP contribution in [0.25, 0.3) is 0 Å². The van der Waals surface area contributed by atoms with Crippen molar-refractivity contribution in [1.82, 2.24) is 30.5 Å². The van der Waals surface area contributed by atoms with Gasteiger partial charge in [0.15, 0.2) is 0 Å². The van der Waals surface area contributed by atoms with Gasteiger partial charge in [-0.05, 0) is 53.2 Å². The molecule has 0 aromatic heterocycles. The smallest absolute Gasteiger partial charge is 0.315 e. The van der Waals surface area contributed by atoms with E-state index in [2.05, 4.69) is 21.3 Å². The van der Waals surface area contributed by atoms with Gasteiger partial charge in [0.25, 0.3) is 0 Å². The molecule has 1 aromatic rings. The number of rotatable bonds is 15. The number of halogens is 3. The number of urea groups is 1. The first-order valence-electron chi connectivity index (χ1n) is 17.2. The second-order valence-corrected chi connectivity index (χ2v) is 18.4. The molecule has 1 aliphatic rings. The van der Waals surface area contributed by atoms with E-state index >= 15 is 0 Å². The van der Waals surface area contributed by atoms with Crippen molar-refractivity contribution in [3.8, 4) is 0 Å². The zero-order valence-electron chi connectivity index (χ0n) is 31.5. The summed E-state index contributed by atoms with van der Waals surface area (Å²) < 4.78 is 52.7. The monoisotopic (exact) mass is 762 g/mol. The molecule has 1 aliphatic heterocycles. The van der Waals surface area contributed by atoms with E-state index in [9.17, 15) is 36.4 Å². The van der Waals surface area contributed by atoms with Gasteiger partial charge >= 0.3 is 6.03 Å². The molecule has 16 heteroatoms. The summed E-state index contributed by atoms with van der Waals surface area (Å²) in [5.74, 6) is -2.48. The van der Waals surface area contributed by atoms with Crippen molar-refractivity contribution < 1.29 is 36.4 Å². The van der Waals surface area contributed by atoms with Crippen LogP contribution in [-0.4, -0.2) is 105 Å². The van der Waals surface area contributed by atoms with Gasteiger partial charge in [-0.15, -0.1) is 0 Å². The number of nitrogens with zero attached hydrogens (tertiary/aromatic N) is 2. The fraction of sp³-hybridized carbons (Fsp3) is 0.714. The second-order valence-electron chi connectivity index (χ2n) is 15.9. The zero-order chi connectivity index (χ0) is 39.1. The summed E-state index contributed by atoms with van der Waals surface area (Å²) in [7, 11) is -2.13. The Morgan fingerprint density at radius 3 is 2.16 bits per heavy atom. The maximum absolute atomic E-state index is 14.3. The van der Waals surface area contributed by atoms with Crippen molar-refractivity contribution in [2.45, 2.75) is 105 Å². The van der Waals surface area contributed by atoms with Gasteiger partial charge in [-0.25, -0.2) is 26.3 Å². The number of alkyl halides is 2. The van der Waals surface area contributed by atoms with Gasteiger partial charge < -0.3 is 26.2 Å². The lowest BCUT2D eigenvalue weighted by atomic mass is 9.84. The maximum atomic E-state index is 14.3. The molecular weight excluding hydrogens is 706 g/mol. The fourth-order valence-electron chi connectivity index (χ4n) is 5.98. The Morgan fingerprint density at radius 1 is 1.02 bits per heavy atom. The van der Waals surface area contributed by atoms with Crippen LogP contribution in [0.5, 0.6) is 0 Å². The van der Waals surface area contributed by atoms with Gasteiger partial charge in [-0.1, -0.05) is 79.1 Å². The number of nitrogens with one attached hydrogen (secondary N) is 4. The highest BCUT2D eigenvalue weighted by Gasteiger charge is 2.48. The van der Waals surface area contributed by atoms with E-state index in [-0.39, 0.29) is 31.5 Å². The number of sulfonamides is 1. The quantitative estimate of drug-likeness (QED) is 0.212. The molecule has 0 spiro atoms. The predicted molar refractivity (Wildman–Crippen MR) is 195 cm³/mol. The molecule has 1 fully saturated rings. The average molecular weight is 763 g/mol. The van der Waals surface area contributed by atoms with E-state index in [1.165, 1.54) is 11.9 Å². The summed E-state index contributed by atoms with van der Waals surface area (Å²) in [5.41, 5.74) is -0.563. The number of likely N-dealkylation sites (N-methyl/N-ethyl adjacent to an activating group) is 1. The third kappa shape index (κ3) is 13.5. The third-order valence-electron chi connectivity index (χ3n) is 9.25. The van der Waals surface area contributed by atoms with Crippen LogP contribution in [0.2, 0.25) is 5.02 Å². The summed E-state index contributed by atoms with van der Waals surface area (Å²) >= 11 is 6.03. The molecule has 4 N–H and O–H groups in total. The molecule has 5 atom stereocenters. The molecule has 2 rings (SSSR count). The molecule has 1 saturated heterocycles. The first-order valence-corrected chi connectivity index (χ1v) is 19.4. The van der Waals surface area contributed by atoms with E-state index in [1.54, 1.807) is 39.0 Å². The Balaban J connectivity index is 2.30. The Morgan fingerprint density at radius 2 is 1.65 bits per heavy atom. The molecule has 0 aliphatic carbocycles. The van der Waals surface area contributed by atoms with Crippen molar-refractivity contribution in [2.75, 3.05) is 32.9 Å². The topological polar surface area (TPSA) is 157 Å². The molecule has 0 radical (unpaired) electrons. The van der Waals surface area contributed by atoms with E-state index < -0.39 is 81.6 Å². The molecule has 1 heterocycles. The van der Waals surface area contributed by atoms with Crippen LogP contribution < -0.4 is 21.3 Å². The van der Waals surface area contributed by atoms with Crippen LogP contribution in [0.15, 0.2) is 24.3 Å². The molecule has 1 aromatic carbocycles. The largest absolute Gasteiger partial charge is 0.354 e. The normalized spacial score (nSPS) is 18.8. The number of benzene rings is 1. The van der Waals surface area contributed by atoms with E-state index in [1.807, 2.05) is 40.7 Å². The molecule has 5 amide bonds. The number of carbonyl (C=O) groups excluding carboxylic acids is 4. The van der Waals surface area contributed by atoms with Crippen LogP contribution in [0.3, 0.4) is 0 Å².